The number of hydrogen-bond acceptors (Lipinski definition) is 2. The lowest BCUT2D eigenvalue weighted by atomic mass is 9.97. The lowest BCUT2D eigenvalue weighted by Gasteiger charge is -2.19. The normalized spacial score (nSPS) is 12.6. The van der Waals surface area contributed by atoms with Crippen molar-refractivity contribution in [1.82, 2.24) is 0 Å². The van der Waals surface area contributed by atoms with E-state index in [1.807, 2.05) is 32.9 Å². The smallest absolute Gasteiger partial charge is 0.128 e. The van der Waals surface area contributed by atoms with Crippen LogP contribution >= 0.6 is 0 Å². The fourth-order valence-corrected chi connectivity index (χ4v) is 1.82. The molecule has 0 radical (unpaired) electrons. The lowest BCUT2D eigenvalue weighted by molar-refractivity contribution is 0.166. The topological polar surface area (TPSA) is 29.5 Å². The Morgan fingerprint density at radius 2 is 1.81 bits per heavy atom. The molecule has 0 fully saturated rings. The van der Waals surface area contributed by atoms with Gasteiger partial charge < -0.3 is 9.84 Å². The summed E-state index contributed by atoms with van der Waals surface area (Å²) in [5, 5.41) is 10.0. The Labute approximate surface area is 98.3 Å². The van der Waals surface area contributed by atoms with Gasteiger partial charge in [0.2, 0.25) is 0 Å². The maximum absolute atomic E-state index is 10.0. The van der Waals surface area contributed by atoms with Crippen LogP contribution in [0.5, 0.6) is 5.75 Å². The predicted octanol–water partition coefficient (Wildman–Crippen LogP) is 3.54. The highest BCUT2D eigenvalue weighted by atomic mass is 16.5. The highest BCUT2D eigenvalue weighted by Gasteiger charge is 2.16. The molecule has 0 amide bonds. The summed E-state index contributed by atoms with van der Waals surface area (Å²) < 4.78 is 5.76. The van der Waals surface area contributed by atoms with Crippen LogP contribution in [0.2, 0.25) is 0 Å². The molecule has 1 N–H and O–H groups in total. The molecule has 0 aromatic heterocycles. The van der Waals surface area contributed by atoms with Crippen molar-refractivity contribution in [3.63, 3.8) is 0 Å². The number of benzene rings is 1. The second-order valence-electron chi connectivity index (χ2n) is 4.21. The minimum Gasteiger partial charge on any atom is -0.493 e. The van der Waals surface area contributed by atoms with E-state index in [2.05, 4.69) is 6.92 Å². The molecule has 1 unspecified atom stereocenters. The van der Waals surface area contributed by atoms with Gasteiger partial charge in [0.25, 0.3) is 0 Å². The Hall–Kier alpha value is -1.02. The molecule has 0 aliphatic carbocycles. The lowest BCUT2D eigenvalue weighted by Crippen LogP contribution is -2.06. The van der Waals surface area contributed by atoms with Crippen LogP contribution in [-0.2, 0) is 0 Å². The van der Waals surface area contributed by atoms with Crippen LogP contribution in [0.25, 0.3) is 0 Å². The Bertz CT molecular complexity index is 345. The average Bonchev–Trinajstić information content (AvgIpc) is 2.29. The molecule has 0 saturated carbocycles. The number of aliphatic hydroxyl groups excluding tert-OH is 1. The fourth-order valence-electron chi connectivity index (χ4n) is 1.82. The van der Waals surface area contributed by atoms with Crippen LogP contribution in [0.4, 0.5) is 0 Å². The van der Waals surface area contributed by atoms with E-state index in [0.29, 0.717) is 13.0 Å². The molecule has 2 nitrogen and oxygen atoms in total. The molecule has 1 aromatic carbocycles. The number of aliphatic hydroxyl groups is 1. The summed E-state index contributed by atoms with van der Waals surface area (Å²) in [5.41, 5.74) is 3.16. The zero-order chi connectivity index (χ0) is 12.1. The van der Waals surface area contributed by atoms with Crippen molar-refractivity contribution in [2.45, 2.75) is 46.6 Å². The second-order valence-corrected chi connectivity index (χ2v) is 4.21. The summed E-state index contributed by atoms with van der Waals surface area (Å²) in [6.45, 7) is 8.81. The summed E-state index contributed by atoms with van der Waals surface area (Å²) in [5.74, 6) is 0.871. The SMILES string of the molecule is CCCOc1c(C)ccc(C)c1C(O)CC. The molecule has 16 heavy (non-hydrogen) atoms. The van der Waals surface area contributed by atoms with E-state index < -0.39 is 6.10 Å². The average molecular weight is 222 g/mol. The van der Waals surface area contributed by atoms with Gasteiger partial charge >= 0.3 is 0 Å². The molecule has 1 atom stereocenters. The third kappa shape index (κ3) is 2.76. The minimum atomic E-state index is -0.424. The maximum atomic E-state index is 10.0. The van der Waals surface area contributed by atoms with Crippen LogP contribution in [0.15, 0.2) is 12.1 Å². The van der Waals surface area contributed by atoms with Gasteiger partial charge in [-0.1, -0.05) is 26.0 Å². The van der Waals surface area contributed by atoms with Crippen LogP contribution < -0.4 is 4.74 Å². The Morgan fingerprint density at radius 1 is 1.19 bits per heavy atom. The largest absolute Gasteiger partial charge is 0.493 e. The summed E-state index contributed by atoms with van der Waals surface area (Å²) in [6.07, 6.45) is 1.27. The van der Waals surface area contributed by atoms with E-state index in [-0.39, 0.29) is 0 Å². The third-order valence-electron chi connectivity index (χ3n) is 2.78. The standard InChI is InChI=1S/C14H22O2/c1-5-9-16-14-11(4)8-7-10(3)13(14)12(15)6-2/h7-8,12,15H,5-6,9H2,1-4H3. The zero-order valence-electron chi connectivity index (χ0n) is 10.7. The predicted molar refractivity (Wildman–Crippen MR) is 67.0 cm³/mol. The van der Waals surface area contributed by atoms with Gasteiger partial charge in [-0.15, -0.1) is 0 Å². The molecule has 90 valence electrons. The van der Waals surface area contributed by atoms with Gasteiger partial charge in [-0.25, -0.2) is 0 Å². The van der Waals surface area contributed by atoms with Gasteiger partial charge in [-0.3, -0.25) is 0 Å². The summed E-state index contributed by atoms with van der Waals surface area (Å²) in [7, 11) is 0. The molecule has 0 saturated heterocycles. The van der Waals surface area contributed by atoms with Crippen molar-refractivity contribution in [2.24, 2.45) is 0 Å². The third-order valence-corrected chi connectivity index (χ3v) is 2.78. The van der Waals surface area contributed by atoms with Crippen molar-refractivity contribution >= 4 is 0 Å². The van der Waals surface area contributed by atoms with E-state index >= 15 is 0 Å². The van der Waals surface area contributed by atoms with E-state index in [9.17, 15) is 5.11 Å². The Balaban J connectivity index is 3.14. The number of ether oxygens (including phenoxy) is 1. The first-order valence-corrected chi connectivity index (χ1v) is 6.02. The molecular formula is C14H22O2. The maximum Gasteiger partial charge on any atom is 0.128 e. The highest BCUT2D eigenvalue weighted by molar-refractivity contribution is 5.46. The van der Waals surface area contributed by atoms with Crippen molar-refractivity contribution < 1.29 is 9.84 Å². The van der Waals surface area contributed by atoms with Gasteiger partial charge in [-0.05, 0) is 37.8 Å². The first-order chi connectivity index (χ1) is 7.61. The minimum absolute atomic E-state index is 0.424. The number of aryl methyl sites for hydroxylation is 2. The van der Waals surface area contributed by atoms with Gasteiger partial charge in [-0.2, -0.15) is 0 Å². The zero-order valence-corrected chi connectivity index (χ0v) is 10.7. The van der Waals surface area contributed by atoms with Crippen molar-refractivity contribution in [2.75, 3.05) is 6.61 Å². The fraction of sp³-hybridized carbons (Fsp3) is 0.571. The summed E-state index contributed by atoms with van der Waals surface area (Å²) >= 11 is 0. The number of rotatable bonds is 5. The first-order valence-electron chi connectivity index (χ1n) is 6.02. The van der Waals surface area contributed by atoms with E-state index in [0.717, 1.165) is 28.9 Å². The Morgan fingerprint density at radius 3 is 2.38 bits per heavy atom. The van der Waals surface area contributed by atoms with Crippen LogP contribution in [0.3, 0.4) is 0 Å². The number of hydrogen-bond donors (Lipinski definition) is 1. The summed E-state index contributed by atoms with van der Waals surface area (Å²) in [6, 6.07) is 4.09. The molecule has 0 aliphatic rings. The molecule has 0 heterocycles. The van der Waals surface area contributed by atoms with Gasteiger partial charge in [0.05, 0.1) is 12.7 Å². The van der Waals surface area contributed by atoms with Gasteiger partial charge in [0.15, 0.2) is 0 Å². The first kappa shape index (κ1) is 13.0. The monoisotopic (exact) mass is 222 g/mol. The second kappa shape index (κ2) is 5.90. The van der Waals surface area contributed by atoms with Crippen LogP contribution in [-0.4, -0.2) is 11.7 Å². The molecule has 2 heteroatoms. The Kier molecular flexibility index (Phi) is 4.81. The highest BCUT2D eigenvalue weighted by Crippen LogP contribution is 2.33. The van der Waals surface area contributed by atoms with E-state index in [1.165, 1.54) is 0 Å². The van der Waals surface area contributed by atoms with Crippen molar-refractivity contribution in [3.8, 4) is 5.75 Å². The van der Waals surface area contributed by atoms with Crippen molar-refractivity contribution in [3.05, 3.63) is 28.8 Å². The van der Waals surface area contributed by atoms with Gasteiger partial charge in [0.1, 0.15) is 5.75 Å². The van der Waals surface area contributed by atoms with E-state index in [4.69, 9.17) is 4.74 Å². The van der Waals surface area contributed by atoms with E-state index in [1.54, 1.807) is 0 Å². The molecular weight excluding hydrogens is 200 g/mol. The molecule has 0 spiro atoms. The molecule has 1 aromatic rings. The van der Waals surface area contributed by atoms with Gasteiger partial charge in [0, 0.05) is 5.56 Å². The molecule has 1 rings (SSSR count). The molecule has 0 aliphatic heterocycles. The van der Waals surface area contributed by atoms with Crippen LogP contribution in [0.1, 0.15) is 49.5 Å². The summed E-state index contributed by atoms with van der Waals surface area (Å²) in [4.78, 5) is 0. The molecule has 0 bridgehead atoms. The quantitative estimate of drug-likeness (QED) is 0.825. The van der Waals surface area contributed by atoms with Crippen LogP contribution in [0, 0.1) is 13.8 Å². The van der Waals surface area contributed by atoms with Crippen molar-refractivity contribution in [1.29, 1.82) is 0 Å².